The van der Waals surface area contributed by atoms with Crippen LogP contribution in [0.1, 0.15) is 12.8 Å². The van der Waals surface area contributed by atoms with E-state index in [0.29, 0.717) is 11.3 Å². The molecule has 0 unspecified atom stereocenters. The second-order valence-electron chi connectivity index (χ2n) is 5.12. The van der Waals surface area contributed by atoms with Gasteiger partial charge in [0.15, 0.2) is 5.82 Å². The Labute approximate surface area is 115 Å². The predicted molar refractivity (Wildman–Crippen MR) is 73.4 cm³/mol. The van der Waals surface area contributed by atoms with E-state index in [2.05, 4.69) is 15.1 Å². The molecule has 20 heavy (non-hydrogen) atoms. The molecule has 3 N–H and O–H groups in total. The van der Waals surface area contributed by atoms with Crippen LogP contribution in [0.5, 0.6) is 0 Å². The molecule has 4 nitrogen and oxygen atoms in total. The second-order valence-corrected chi connectivity index (χ2v) is 5.12. The lowest BCUT2D eigenvalue weighted by molar-refractivity contribution is 0.498. The highest BCUT2D eigenvalue weighted by molar-refractivity contribution is 5.63. The zero-order valence-electron chi connectivity index (χ0n) is 10.9. The Morgan fingerprint density at radius 2 is 1.75 bits per heavy atom. The SMILES string of the molecule is NC1CCN(c2cc(-c3cc(F)cc(F)c3)[nH]n2)CC1. The van der Waals surface area contributed by atoms with Crippen molar-refractivity contribution in [2.45, 2.75) is 18.9 Å². The van der Waals surface area contributed by atoms with Crippen molar-refractivity contribution in [3.05, 3.63) is 35.9 Å². The number of rotatable bonds is 2. The topological polar surface area (TPSA) is 57.9 Å². The van der Waals surface area contributed by atoms with Crippen LogP contribution in [0.4, 0.5) is 14.6 Å². The first-order valence-corrected chi connectivity index (χ1v) is 6.64. The van der Waals surface area contributed by atoms with E-state index in [1.165, 1.54) is 12.1 Å². The highest BCUT2D eigenvalue weighted by Crippen LogP contribution is 2.25. The number of piperidine rings is 1. The summed E-state index contributed by atoms with van der Waals surface area (Å²) in [5, 5.41) is 7.04. The van der Waals surface area contributed by atoms with Gasteiger partial charge in [-0.15, -0.1) is 0 Å². The van der Waals surface area contributed by atoms with Gasteiger partial charge in [0.1, 0.15) is 11.6 Å². The van der Waals surface area contributed by atoms with Crippen molar-refractivity contribution in [3.63, 3.8) is 0 Å². The lowest BCUT2D eigenvalue weighted by Crippen LogP contribution is -2.39. The van der Waals surface area contributed by atoms with Crippen LogP contribution in [0, 0.1) is 11.6 Å². The Morgan fingerprint density at radius 1 is 1.10 bits per heavy atom. The molecule has 106 valence electrons. The summed E-state index contributed by atoms with van der Waals surface area (Å²) in [6.07, 6.45) is 1.85. The largest absolute Gasteiger partial charge is 0.355 e. The average Bonchev–Trinajstić information content (AvgIpc) is 2.88. The van der Waals surface area contributed by atoms with Crippen molar-refractivity contribution < 1.29 is 8.78 Å². The van der Waals surface area contributed by atoms with Gasteiger partial charge in [-0.1, -0.05) is 0 Å². The summed E-state index contributed by atoms with van der Waals surface area (Å²) in [7, 11) is 0. The molecule has 0 spiro atoms. The molecule has 0 aliphatic carbocycles. The van der Waals surface area contributed by atoms with Crippen LogP contribution in [0.3, 0.4) is 0 Å². The molecule has 0 amide bonds. The molecule has 1 aromatic heterocycles. The number of nitrogens with zero attached hydrogens (tertiary/aromatic N) is 2. The van der Waals surface area contributed by atoms with Gasteiger partial charge < -0.3 is 10.6 Å². The van der Waals surface area contributed by atoms with Gasteiger partial charge in [0.05, 0.1) is 5.69 Å². The van der Waals surface area contributed by atoms with E-state index in [4.69, 9.17) is 5.73 Å². The lowest BCUT2D eigenvalue weighted by Gasteiger charge is -2.29. The fourth-order valence-corrected chi connectivity index (χ4v) is 2.46. The number of halogens is 2. The fourth-order valence-electron chi connectivity index (χ4n) is 2.46. The van der Waals surface area contributed by atoms with Crippen LogP contribution in [-0.2, 0) is 0 Å². The van der Waals surface area contributed by atoms with Gasteiger partial charge in [0.25, 0.3) is 0 Å². The molecule has 1 saturated heterocycles. The standard InChI is InChI=1S/C14H16F2N4/c15-10-5-9(6-11(16)7-10)13-8-14(19-18-13)20-3-1-12(17)2-4-20/h5-8,12H,1-4,17H2,(H,18,19). The van der Waals surface area contributed by atoms with Crippen LogP contribution >= 0.6 is 0 Å². The molecule has 1 aromatic carbocycles. The molecule has 0 saturated carbocycles. The number of nitrogens with two attached hydrogens (primary N) is 1. The molecule has 1 fully saturated rings. The highest BCUT2D eigenvalue weighted by Gasteiger charge is 2.18. The van der Waals surface area contributed by atoms with Gasteiger partial charge in [-0.05, 0) is 25.0 Å². The summed E-state index contributed by atoms with van der Waals surface area (Å²) in [4.78, 5) is 2.12. The summed E-state index contributed by atoms with van der Waals surface area (Å²) in [5.41, 5.74) is 6.92. The molecular formula is C14H16F2N4. The van der Waals surface area contributed by atoms with Gasteiger partial charge in [0, 0.05) is 36.8 Å². The van der Waals surface area contributed by atoms with Crippen molar-refractivity contribution in [1.82, 2.24) is 10.2 Å². The third kappa shape index (κ3) is 2.65. The van der Waals surface area contributed by atoms with E-state index in [-0.39, 0.29) is 6.04 Å². The molecule has 0 radical (unpaired) electrons. The van der Waals surface area contributed by atoms with E-state index >= 15 is 0 Å². The predicted octanol–water partition coefficient (Wildman–Crippen LogP) is 2.28. The number of benzene rings is 1. The van der Waals surface area contributed by atoms with Crippen molar-refractivity contribution in [3.8, 4) is 11.3 Å². The number of aromatic amines is 1. The van der Waals surface area contributed by atoms with Crippen molar-refractivity contribution in [2.24, 2.45) is 5.73 Å². The minimum Gasteiger partial charge on any atom is -0.355 e. The quantitative estimate of drug-likeness (QED) is 0.886. The summed E-state index contributed by atoms with van der Waals surface area (Å²) in [6.45, 7) is 1.70. The summed E-state index contributed by atoms with van der Waals surface area (Å²) in [5.74, 6) is -0.406. The van der Waals surface area contributed by atoms with E-state index < -0.39 is 11.6 Å². The number of hydrogen-bond donors (Lipinski definition) is 2. The lowest BCUT2D eigenvalue weighted by atomic mass is 10.1. The van der Waals surface area contributed by atoms with Gasteiger partial charge in [0.2, 0.25) is 0 Å². The van der Waals surface area contributed by atoms with Gasteiger partial charge in [-0.25, -0.2) is 8.78 Å². The van der Waals surface area contributed by atoms with Crippen LogP contribution in [0.15, 0.2) is 24.3 Å². The first kappa shape index (κ1) is 13.1. The monoisotopic (exact) mass is 278 g/mol. The number of aromatic nitrogens is 2. The number of anilines is 1. The minimum absolute atomic E-state index is 0.252. The first-order valence-electron chi connectivity index (χ1n) is 6.64. The molecule has 1 aliphatic heterocycles. The van der Waals surface area contributed by atoms with Crippen molar-refractivity contribution in [2.75, 3.05) is 18.0 Å². The van der Waals surface area contributed by atoms with Crippen LogP contribution in [0.25, 0.3) is 11.3 Å². The van der Waals surface area contributed by atoms with Gasteiger partial charge >= 0.3 is 0 Å². The molecule has 6 heteroatoms. The molecule has 0 atom stereocenters. The Morgan fingerprint density at radius 3 is 2.40 bits per heavy atom. The Bertz CT molecular complexity index is 583. The maximum atomic E-state index is 13.2. The Kier molecular flexibility index (Phi) is 3.40. The van der Waals surface area contributed by atoms with E-state index in [9.17, 15) is 8.78 Å². The normalized spacial score (nSPS) is 16.6. The zero-order valence-corrected chi connectivity index (χ0v) is 10.9. The maximum Gasteiger partial charge on any atom is 0.150 e. The minimum atomic E-state index is -0.597. The molecule has 1 aliphatic rings. The number of nitrogens with one attached hydrogen (secondary N) is 1. The molecule has 2 heterocycles. The van der Waals surface area contributed by atoms with Gasteiger partial charge in [-0.2, -0.15) is 5.10 Å². The van der Waals surface area contributed by atoms with Crippen LogP contribution in [0.2, 0.25) is 0 Å². The van der Waals surface area contributed by atoms with E-state index in [0.717, 1.165) is 37.8 Å². The zero-order chi connectivity index (χ0) is 14.1. The molecule has 2 aromatic rings. The van der Waals surface area contributed by atoms with E-state index in [1.54, 1.807) is 0 Å². The van der Waals surface area contributed by atoms with Gasteiger partial charge in [-0.3, -0.25) is 5.10 Å². The van der Waals surface area contributed by atoms with Crippen molar-refractivity contribution in [1.29, 1.82) is 0 Å². The van der Waals surface area contributed by atoms with Crippen molar-refractivity contribution >= 4 is 5.82 Å². The number of H-pyrrole nitrogens is 1. The second kappa shape index (κ2) is 5.20. The Hall–Kier alpha value is -1.95. The smallest absolute Gasteiger partial charge is 0.150 e. The number of hydrogen-bond acceptors (Lipinski definition) is 3. The third-order valence-corrected chi connectivity index (χ3v) is 3.60. The highest BCUT2D eigenvalue weighted by atomic mass is 19.1. The fraction of sp³-hybridized carbons (Fsp3) is 0.357. The first-order chi connectivity index (χ1) is 9.61. The molecule has 0 bridgehead atoms. The van der Waals surface area contributed by atoms with E-state index in [1.807, 2.05) is 6.07 Å². The molecule has 3 rings (SSSR count). The summed E-state index contributed by atoms with van der Waals surface area (Å²) in [6, 6.07) is 5.48. The van der Waals surface area contributed by atoms with Crippen LogP contribution in [-0.4, -0.2) is 29.3 Å². The Balaban J connectivity index is 1.83. The molecular weight excluding hydrogens is 262 g/mol. The third-order valence-electron chi connectivity index (χ3n) is 3.60. The average molecular weight is 278 g/mol. The maximum absolute atomic E-state index is 13.2. The van der Waals surface area contributed by atoms with Crippen LogP contribution < -0.4 is 10.6 Å². The summed E-state index contributed by atoms with van der Waals surface area (Å²) >= 11 is 0. The summed E-state index contributed by atoms with van der Waals surface area (Å²) < 4.78 is 26.4.